The molecule has 1 N–H and O–H groups in total. The van der Waals surface area contributed by atoms with Gasteiger partial charge in [-0.1, -0.05) is 0 Å². The molecule has 16 heavy (non-hydrogen) atoms. The summed E-state index contributed by atoms with van der Waals surface area (Å²) in [6, 6.07) is 0. The Kier molecular flexibility index (Phi) is 3.29. The molecule has 0 aliphatic carbocycles. The summed E-state index contributed by atoms with van der Waals surface area (Å²) in [6.07, 6.45) is -2.48. The third-order valence-electron chi connectivity index (χ3n) is 2.18. The van der Waals surface area contributed by atoms with Gasteiger partial charge in [0.2, 0.25) is 11.0 Å². The maximum absolute atomic E-state index is 12.2. The normalized spacial score (nSPS) is 21.3. The third kappa shape index (κ3) is 2.82. The van der Waals surface area contributed by atoms with Gasteiger partial charge < -0.3 is 10.1 Å². The first-order valence-electron chi connectivity index (χ1n) is 4.82. The Labute approximate surface area is 94.0 Å². The van der Waals surface area contributed by atoms with Gasteiger partial charge in [0, 0.05) is 24.7 Å². The fraction of sp³-hybridized carbons (Fsp3) is 0.750. The van der Waals surface area contributed by atoms with E-state index in [1.54, 1.807) is 0 Å². The van der Waals surface area contributed by atoms with E-state index in [0.29, 0.717) is 18.1 Å². The number of aromatic nitrogens is 2. The zero-order valence-electron chi connectivity index (χ0n) is 8.25. The van der Waals surface area contributed by atoms with Gasteiger partial charge in [0.25, 0.3) is 0 Å². The first-order chi connectivity index (χ1) is 7.55. The summed E-state index contributed by atoms with van der Waals surface area (Å²) < 4.78 is 45.1. The van der Waals surface area contributed by atoms with E-state index >= 15 is 0 Å². The summed E-state index contributed by atoms with van der Waals surface area (Å²) in [5, 5.41) is 2.98. The molecule has 0 saturated carbocycles. The number of anilines is 1. The van der Waals surface area contributed by atoms with Crippen molar-refractivity contribution in [2.75, 3.05) is 18.5 Å². The fourth-order valence-electron chi connectivity index (χ4n) is 1.42. The van der Waals surface area contributed by atoms with Crippen molar-refractivity contribution >= 4 is 16.7 Å². The molecular weight excluding hydrogens is 243 g/mol. The second-order valence-corrected chi connectivity index (χ2v) is 4.19. The molecular formula is C8H10F3N3OS. The number of hydrogen-bond acceptors (Lipinski definition) is 5. The van der Waals surface area contributed by atoms with E-state index < -0.39 is 12.0 Å². The van der Waals surface area contributed by atoms with E-state index in [1.807, 2.05) is 0 Å². The monoisotopic (exact) mass is 253 g/mol. The number of nitrogens with zero attached hydrogens (tertiary/aromatic N) is 2. The Bertz CT molecular complexity index is 349. The molecule has 8 heteroatoms. The largest absolute Gasteiger partial charge is 0.452 e. The van der Waals surface area contributed by atoms with Crippen LogP contribution >= 0.6 is 11.5 Å². The predicted octanol–water partition coefficient (Wildman–Crippen LogP) is 2.15. The van der Waals surface area contributed by atoms with Crippen molar-refractivity contribution in [3.63, 3.8) is 0 Å². The Hall–Kier alpha value is -0.890. The maximum atomic E-state index is 12.2. The van der Waals surface area contributed by atoms with Gasteiger partial charge in [0.05, 0.1) is 6.10 Å². The second-order valence-electron chi connectivity index (χ2n) is 3.44. The van der Waals surface area contributed by atoms with Crippen molar-refractivity contribution in [1.29, 1.82) is 0 Å². The van der Waals surface area contributed by atoms with Crippen molar-refractivity contribution in [2.24, 2.45) is 0 Å². The summed E-state index contributed by atoms with van der Waals surface area (Å²) in [5.41, 5.74) is 0. The Morgan fingerprint density at radius 3 is 2.88 bits per heavy atom. The van der Waals surface area contributed by atoms with Gasteiger partial charge >= 0.3 is 6.18 Å². The molecule has 1 aromatic rings. The lowest BCUT2D eigenvalue weighted by Crippen LogP contribution is -2.18. The van der Waals surface area contributed by atoms with Crippen LogP contribution in [0.1, 0.15) is 18.7 Å². The molecule has 4 nitrogen and oxygen atoms in total. The molecule has 0 aromatic carbocycles. The minimum atomic E-state index is -4.47. The molecule has 90 valence electrons. The van der Waals surface area contributed by atoms with Gasteiger partial charge in [-0.05, 0) is 12.8 Å². The highest BCUT2D eigenvalue weighted by atomic mass is 32.1. The van der Waals surface area contributed by atoms with Gasteiger partial charge in [-0.3, -0.25) is 0 Å². The summed E-state index contributed by atoms with van der Waals surface area (Å²) in [4.78, 5) is 3.36. The first-order valence-corrected chi connectivity index (χ1v) is 5.59. The van der Waals surface area contributed by atoms with E-state index in [2.05, 4.69) is 14.7 Å². The van der Waals surface area contributed by atoms with Crippen LogP contribution in [0.15, 0.2) is 0 Å². The van der Waals surface area contributed by atoms with Crippen molar-refractivity contribution in [1.82, 2.24) is 9.36 Å². The lowest BCUT2D eigenvalue weighted by molar-refractivity contribution is -0.144. The fourth-order valence-corrected chi connectivity index (χ4v) is 2.01. The van der Waals surface area contributed by atoms with E-state index in [-0.39, 0.29) is 11.2 Å². The lowest BCUT2D eigenvalue weighted by atomic mass is 10.2. The number of hydrogen-bond donors (Lipinski definition) is 1. The van der Waals surface area contributed by atoms with Crippen LogP contribution in [0.25, 0.3) is 0 Å². The molecule has 1 aliphatic heterocycles. The molecule has 0 radical (unpaired) electrons. The maximum Gasteiger partial charge on any atom is 0.452 e. The van der Waals surface area contributed by atoms with Gasteiger partial charge in [-0.15, -0.1) is 0 Å². The van der Waals surface area contributed by atoms with Crippen molar-refractivity contribution < 1.29 is 17.9 Å². The number of rotatable bonds is 3. The van der Waals surface area contributed by atoms with Crippen LogP contribution < -0.4 is 5.32 Å². The highest BCUT2D eigenvalue weighted by Gasteiger charge is 2.36. The molecule has 1 atom stereocenters. The summed E-state index contributed by atoms with van der Waals surface area (Å²) >= 11 is 0.712. The van der Waals surface area contributed by atoms with Crippen molar-refractivity contribution in [3.05, 3.63) is 5.82 Å². The molecule has 0 bridgehead atoms. The smallest absolute Gasteiger partial charge is 0.376 e. The molecule has 1 fully saturated rings. The standard InChI is InChI=1S/C8H10F3N3OS/c9-8(10,11)6-13-7(16-14-6)12-4-5-2-1-3-15-5/h5H,1-4H2,(H,12,13,14). The van der Waals surface area contributed by atoms with Crippen molar-refractivity contribution in [3.8, 4) is 0 Å². The third-order valence-corrected chi connectivity index (χ3v) is 2.86. The number of nitrogens with one attached hydrogen (secondary N) is 1. The number of ether oxygens (including phenoxy) is 1. The lowest BCUT2D eigenvalue weighted by Gasteiger charge is -2.08. The molecule has 2 heterocycles. The SMILES string of the molecule is FC(F)(F)c1nsc(NCC2CCCO2)n1. The van der Waals surface area contributed by atoms with Gasteiger partial charge in [0.1, 0.15) is 0 Å². The molecule has 1 saturated heterocycles. The average molecular weight is 253 g/mol. The average Bonchev–Trinajstić information content (AvgIpc) is 2.85. The van der Waals surface area contributed by atoms with Crippen LogP contribution in [0.5, 0.6) is 0 Å². The van der Waals surface area contributed by atoms with Crippen LogP contribution in [0.4, 0.5) is 18.3 Å². The summed E-state index contributed by atoms with van der Waals surface area (Å²) in [5.74, 6) is -1.09. The van der Waals surface area contributed by atoms with E-state index in [4.69, 9.17) is 4.74 Å². The quantitative estimate of drug-likeness (QED) is 0.896. The molecule has 1 aromatic heterocycles. The molecule has 1 unspecified atom stereocenters. The first kappa shape index (κ1) is 11.6. The number of halogens is 3. The predicted molar refractivity (Wildman–Crippen MR) is 52.4 cm³/mol. The Balaban J connectivity index is 1.87. The number of alkyl halides is 3. The zero-order valence-corrected chi connectivity index (χ0v) is 9.07. The summed E-state index contributed by atoms with van der Waals surface area (Å²) in [7, 11) is 0. The summed E-state index contributed by atoms with van der Waals surface area (Å²) in [6.45, 7) is 1.20. The van der Waals surface area contributed by atoms with Crippen molar-refractivity contribution in [2.45, 2.75) is 25.1 Å². The van der Waals surface area contributed by atoms with E-state index in [9.17, 15) is 13.2 Å². The van der Waals surface area contributed by atoms with Crippen LogP contribution in [0, 0.1) is 0 Å². The second kappa shape index (κ2) is 4.54. The Morgan fingerprint density at radius 2 is 2.31 bits per heavy atom. The minimum Gasteiger partial charge on any atom is -0.376 e. The molecule has 0 spiro atoms. The van der Waals surface area contributed by atoms with E-state index in [1.165, 1.54) is 0 Å². The highest BCUT2D eigenvalue weighted by Crippen LogP contribution is 2.29. The van der Waals surface area contributed by atoms with Gasteiger partial charge in [0.15, 0.2) is 0 Å². The van der Waals surface area contributed by atoms with Crippen LogP contribution in [0.3, 0.4) is 0 Å². The van der Waals surface area contributed by atoms with Crippen LogP contribution in [-0.4, -0.2) is 28.6 Å². The molecule has 1 aliphatic rings. The van der Waals surface area contributed by atoms with E-state index in [0.717, 1.165) is 19.4 Å². The topological polar surface area (TPSA) is 47.0 Å². The zero-order chi connectivity index (χ0) is 11.6. The minimum absolute atomic E-state index is 0.0678. The molecule has 2 rings (SSSR count). The van der Waals surface area contributed by atoms with Crippen LogP contribution in [-0.2, 0) is 10.9 Å². The molecule has 0 amide bonds. The Morgan fingerprint density at radius 1 is 1.50 bits per heavy atom. The van der Waals surface area contributed by atoms with Crippen LogP contribution in [0.2, 0.25) is 0 Å². The van der Waals surface area contributed by atoms with Gasteiger partial charge in [-0.2, -0.15) is 22.5 Å². The van der Waals surface area contributed by atoms with Gasteiger partial charge in [-0.25, -0.2) is 0 Å². The highest BCUT2D eigenvalue weighted by molar-refractivity contribution is 7.09.